The van der Waals surface area contributed by atoms with Crippen molar-refractivity contribution >= 4 is 11.6 Å². The number of pyridine rings is 1. The molecule has 0 saturated carbocycles. The highest BCUT2D eigenvalue weighted by atomic mass is 16.5. The van der Waals surface area contributed by atoms with Crippen molar-refractivity contribution in [2.75, 3.05) is 29.9 Å². The van der Waals surface area contributed by atoms with Gasteiger partial charge in [-0.15, -0.1) is 0 Å². The molecule has 1 unspecified atom stereocenters. The van der Waals surface area contributed by atoms with E-state index in [-0.39, 0.29) is 17.5 Å². The molecular formula is C18H22N6O3. The minimum absolute atomic E-state index is 0.0912. The number of rotatable bonds is 4. The van der Waals surface area contributed by atoms with Crippen LogP contribution in [0.3, 0.4) is 0 Å². The molecule has 0 radical (unpaired) electrons. The maximum absolute atomic E-state index is 12.1. The van der Waals surface area contributed by atoms with Crippen LogP contribution < -0.4 is 21.5 Å². The van der Waals surface area contributed by atoms with E-state index < -0.39 is 11.2 Å². The summed E-state index contributed by atoms with van der Waals surface area (Å²) < 4.78 is 7.72. The number of nitrogens with zero attached hydrogens (tertiary/aromatic N) is 5. The van der Waals surface area contributed by atoms with Crippen LogP contribution in [-0.4, -0.2) is 39.9 Å². The molecule has 0 spiro atoms. The molecule has 27 heavy (non-hydrogen) atoms. The lowest BCUT2D eigenvalue weighted by molar-refractivity contribution is 0.0529. The van der Waals surface area contributed by atoms with Crippen LogP contribution in [0.1, 0.15) is 18.1 Å². The van der Waals surface area contributed by atoms with Crippen LogP contribution in [0, 0.1) is 11.3 Å². The summed E-state index contributed by atoms with van der Waals surface area (Å²) in [5.74, 6) is 1.09. The van der Waals surface area contributed by atoms with Crippen LogP contribution in [0.25, 0.3) is 0 Å². The number of hydrogen-bond acceptors (Lipinski definition) is 7. The van der Waals surface area contributed by atoms with Crippen molar-refractivity contribution in [3.05, 3.63) is 50.3 Å². The van der Waals surface area contributed by atoms with Crippen molar-refractivity contribution < 1.29 is 4.74 Å². The Morgan fingerprint density at radius 3 is 2.74 bits per heavy atom. The maximum Gasteiger partial charge on any atom is 0.332 e. The summed E-state index contributed by atoms with van der Waals surface area (Å²) >= 11 is 0. The Labute approximate surface area is 156 Å². The van der Waals surface area contributed by atoms with Crippen molar-refractivity contribution in [2.24, 2.45) is 14.1 Å². The lowest BCUT2D eigenvalue weighted by Gasteiger charge is -2.32. The molecule has 0 aromatic carbocycles. The average molecular weight is 370 g/mol. The molecule has 3 heterocycles. The topological polar surface area (TPSA) is 105 Å². The lowest BCUT2D eigenvalue weighted by atomic mass is 10.2. The molecule has 1 fully saturated rings. The summed E-state index contributed by atoms with van der Waals surface area (Å²) in [5, 5.41) is 12.3. The smallest absolute Gasteiger partial charge is 0.332 e. The van der Waals surface area contributed by atoms with Crippen molar-refractivity contribution in [2.45, 2.75) is 19.6 Å². The third-order valence-electron chi connectivity index (χ3n) is 4.61. The number of hydrogen-bond donors (Lipinski definition) is 1. The summed E-state index contributed by atoms with van der Waals surface area (Å²) in [7, 11) is 2.87. The highest BCUT2D eigenvalue weighted by molar-refractivity contribution is 5.51. The van der Waals surface area contributed by atoms with Gasteiger partial charge in [-0.2, -0.15) is 5.26 Å². The van der Waals surface area contributed by atoms with Gasteiger partial charge in [0.25, 0.3) is 5.56 Å². The van der Waals surface area contributed by atoms with Gasteiger partial charge in [-0.3, -0.25) is 13.9 Å². The number of aromatic nitrogens is 3. The Bertz CT molecular complexity index is 986. The highest BCUT2D eigenvalue weighted by Crippen LogP contribution is 2.16. The fourth-order valence-corrected chi connectivity index (χ4v) is 3.07. The molecule has 9 nitrogen and oxygen atoms in total. The van der Waals surface area contributed by atoms with E-state index in [2.05, 4.69) is 15.2 Å². The number of anilines is 2. The molecule has 142 valence electrons. The third kappa shape index (κ3) is 3.71. The van der Waals surface area contributed by atoms with Gasteiger partial charge in [0.1, 0.15) is 17.7 Å². The van der Waals surface area contributed by atoms with Crippen molar-refractivity contribution in [1.29, 1.82) is 5.26 Å². The normalized spacial score (nSPS) is 16.8. The zero-order chi connectivity index (χ0) is 19.6. The van der Waals surface area contributed by atoms with E-state index in [9.17, 15) is 14.9 Å². The molecule has 1 atom stereocenters. The maximum atomic E-state index is 12.1. The molecule has 3 rings (SSSR count). The van der Waals surface area contributed by atoms with E-state index in [1.165, 1.54) is 18.7 Å². The SMILES string of the molecule is CC1CN(c2ccc(CNc3c(C#N)c(=O)n(C)c(=O)n3C)cn2)CCO1. The Kier molecular flexibility index (Phi) is 5.28. The average Bonchev–Trinajstić information content (AvgIpc) is 2.68. The first kappa shape index (κ1) is 18.7. The van der Waals surface area contributed by atoms with Gasteiger partial charge in [-0.25, -0.2) is 9.78 Å². The van der Waals surface area contributed by atoms with Crippen LogP contribution in [0.15, 0.2) is 27.9 Å². The molecule has 1 saturated heterocycles. The van der Waals surface area contributed by atoms with E-state index in [1.54, 1.807) is 6.20 Å². The highest BCUT2D eigenvalue weighted by Gasteiger charge is 2.18. The first-order valence-electron chi connectivity index (χ1n) is 8.68. The summed E-state index contributed by atoms with van der Waals surface area (Å²) in [4.78, 5) is 30.9. The first-order valence-corrected chi connectivity index (χ1v) is 8.68. The van der Waals surface area contributed by atoms with E-state index in [1.807, 2.05) is 25.1 Å². The number of morpholine rings is 1. The van der Waals surface area contributed by atoms with Gasteiger partial charge in [-0.1, -0.05) is 6.07 Å². The van der Waals surface area contributed by atoms with E-state index in [4.69, 9.17) is 4.74 Å². The second kappa shape index (κ2) is 7.63. The molecule has 1 N–H and O–H groups in total. The van der Waals surface area contributed by atoms with Crippen LogP contribution in [0.5, 0.6) is 0 Å². The van der Waals surface area contributed by atoms with E-state index in [0.29, 0.717) is 13.2 Å². The zero-order valence-electron chi connectivity index (χ0n) is 15.6. The fourth-order valence-electron chi connectivity index (χ4n) is 3.07. The van der Waals surface area contributed by atoms with Gasteiger partial charge in [0.05, 0.1) is 12.7 Å². The van der Waals surface area contributed by atoms with Gasteiger partial charge in [0.15, 0.2) is 5.56 Å². The second-order valence-electron chi connectivity index (χ2n) is 6.55. The standard InChI is InChI=1S/C18H22N6O3/c1-12-11-24(6-7-27-12)15-5-4-13(9-20-15)10-21-16-14(8-19)17(25)23(3)18(26)22(16)2/h4-5,9,12,21H,6-7,10-11H2,1-3H3. The van der Waals surface area contributed by atoms with Crippen LogP contribution >= 0.6 is 0 Å². The summed E-state index contributed by atoms with van der Waals surface area (Å²) in [5.41, 5.74) is -0.321. The fraction of sp³-hybridized carbons (Fsp3) is 0.444. The minimum atomic E-state index is -0.613. The largest absolute Gasteiger partial charge is 0.375 e. The number of nitrogens with one attached hydrogen (secondary N) is 1. The molecule has 1 aliphatic heterocycles. The number of ether oxygens (including phenoxy) is 1. The van der Waals surface area contributed by atoms with Crippen LogP contribution in [0.4, 0.5) is 11.6 Å². The summed E-state index contributed by atoms with van der Waals surface area (Å²) in [6.07, 6.45) is 1.92. The molecule has 1 aliphatic rings. The van der Waals surface area contributed by atoms with Gasteiger partial charge in [-0.05, 0) is 18.6 Å². The monoisotopic (exact) mass is 370 g/mol. The Hall–Kier alpha value is -3.12. The van der Waals surface area contributed by atoms with Gasteiger partial charge < -0.3 is 15.0 Å². The Balaban J connectivity index is 1.77. The summed E-state index contributed by atoms with van der Waals surface area (Å²) in [6.45, 7) is 4.65. The zero-order valence-corrected chi connectivity index (χ0v) is 15.6. The quantitative estimate of drug-likeness (QED) is 0.819. The van der Waals surface area contributed by atoms with E-state index >= 15 is 0 Å². The molecule has 0 bridgehead atoms. The second-order valence-corrected chi connectivity index (χ2v) is 6.55. The molecule has 0 aliphatic carbocycles. The molecule has 0 amide bonds. The third-order valence-corrected chi connectivity index (χ3v) is 4.61. The van der Waals surface area contributed by atoms with Crippen molar-refractivity contribution in [3.8, 4) is 6.07 Å². The van der Waals surface area contributed by atoms with Gasteiger partial charge >= 0.3 is 5.69 Å². The first-order chi connectivity index (χ1) is 12.9. The minimum Gasteiger partial charge on any atom is -0.375 e. The molecule has 9 heteroatoms. The Morgan fingerprint density at radius 1 is 1.33 bits per heavy atom. The van der Waals surface area contributed by atoms with E-state index in [0.717, 1.165) is 29.0 Å². The van der Waals surface area contributed by atoms with Gasteiger partial charge in [0, 0.05) is 39.9 Å². The number of nitriles is 1. The molecular weight excluding hydrogens is 348 g/mol. The summed E-state index contributed by atoms with van der Waals surface area (Å²) in [6, 6.07) is 5.74. The van der Waals surface area contributed by atoms with Crippen molar-refractivity contribution in [1.82, 2.24) is 14.1 Å². The lowest BCUT2D eigenvalue weighted by Crippen LogP contribution is -2.41. The predicted molar refractivity (Wildman–Crippen MR) is 101 cm³/mol. The van der Waals surface area contributed by atoms with Crippen molar-refractivity contribution in [3.63, 3.8) is 0 Å². The molecule has 2 aromatic heterocycles. The van der Waals surface area contributed by atoms with Gasteiger partial charge in [0.2, 0.25) is 0 Å². The molecule has 2 aromatic rings. The van der Waals surface area contributed by atoms with Crippen LogP contribution in [0.2, 0.25) is 0 Å². The van der Waals surface area contributed by atoms with Crippen LogP contribution in [-0.2, 0) is 25.4 Å². The predicted octanol–water partition coefficient (Wildman–Crippen LogP) is 0.188. The Morgan fingerprint density at radius 2 is 2.11 bits per heavy atom.